The molecule has 3 heterocycles. The molecule has 1 spiro atoms. The Kier molecular flexibility index (Phi) is 7.61. The zero-order valence-corrected chi connectivity index (χ0v) is 24.4. The Labute approximate surface area is 240 Å². The van der Waals surface area contributed by atoms with E-state index in [9.17, 15) is 19.5 Å². The molecular weight excluding hydrogens is 522 g/mol. The van der Waals surface area contributed by atoms with Crippen molar-refractivity contribution in [1.29, 1.82) is 0 Å². The van der Waals surface area contributed by atoms with Crippen LogP contribution in [0.2, 0.25) is 0 Å². The van der Waals surface area contributed by atoms with Crippen LogP contribution in [-0.2, 0) is 14.4 Å². The van der Waals surface area contributed by atoms with E-state index >= 15 is 0 Å². The molecule has 3 amide bonds. The highest BCUT2D eigenvalue weighted by Gasteiger charge is 2.78. The van der Waals surface area contributed by atoms with Crippen LogP contribution in [0.3, 0.4) is 0 Å². The van der Waals surface area contributed by atoms with E-state index in [1.165, 1.54) is 0 Å². The van der Waals surface area contributed by atoms with Gasteiger partial charge in [-0.25, -0.2) is 0 Å². The van der Waals surface area contributed by atoms with Crippen LogP contribution in [0, 0.1) is 11.8 Å². The summed E-state index contributed by atoms with van der Waals surface area (Å²) in [6.45, 7) is 12.1. The summed E-state index contributed by atoms with van der Waals surface area (Å²) in [7, 11) is 1.74. The van der Waals surface area contributed by atoms with Crippen LogP contribution in [0.5, 0.6) is 0 Å². The Balaban J connectivity index is 1.62. The summed E-state index contributed by atoms with van der Waals surface area (Å²) in [6.07, 6.45) is 5.28. The van der Waals surface area contributed by atoms with Gasteiger partial charge in [-0.3, -0.25) is 14.4 Å². The Hall–Kier alpha value is -3.10. The molecular formula is C32H39N3O4S. The molecule has 3 aliphatic heterocycles. The number of hydrogen-bond donors (Lipinski definition) is 1. The van der Waals surface area contributed by atoms with Crippen molar-refractivity contribution in [3.05, 3.63) is 67.8 Å². The molecule has 8 heteroatoms. The summed E-state index contributed by atoms with van der Waals surface area (Å²) in [4.78, 5) is 48.0. The lowest BCUT2D eigenvalue weighted by Gasteiger charge is -2.39. The van der Waals surface area contributed by atoms with Gasteiger partial charge in [-0.05, 0) is 49.1 Å². The largest absolute Gasteiger partial charge is 0.394 e. The van der Waals surface area contributed by atoms with Crippen LogP contribution < -0.4 is 4.90 Å². The van der Waals surface area contributed by atoms with E-state index in [4.69, 9.17) is 0 Å². The first kappa shape index (κ1) is 28.4. The van der Waals surface area contributed by atoms with Gasteiger partial charge in [0.1, 0.15) is 6.04 Å². The molecule has 2 unspecified atom stereocenters. The fourth-order valence-electron chi connectivity index (χ4n) is 7.29. The Bertz CT molecular complexity index is 1360. The van der Waals surface area contributed by atoms with Crippen LogP contribution in [-0.4, -0.2) is 80.9 Å². The summed E-state index contributed by atoms with van der Waals surface area (Å²) < 4.78 is -1.21. The van der Waals surface area contributed by atoms with Crippen LogP contribution in [0.4, 0.5) is 5.69 Å². The van der Waals surface area contributed by atoms with E-state index < -0.39 is 33.4 Å². The number of nitrogens with zero attached hydrogens (tertiary/aromatic N) is 3. The third kappa shape index (κ3) is 4.18. The van der Waals surface area contributed by atoms with Gasteiger partial charge in [0.05, 0.1) is 29.2 Å². The number of fused-ring (bicyclic) bond motifs is 2. The average molecular weight is 562 g/mol. The zero-order chi connectivity index (χ0) is 28.8. The topological polar surface area (TPSA) is 81.2 Å². The number of rotatable bonds is 10. The maximum Gasteiger partial charge on any atom is 0.251 e. The van der Waals surface area contributed by atoms with Gasteiger partial charge in [0.2, 0.25) is 11.8 Å². The minimum atomic E-state index is -0.803. The van der Waals surface area contributed by atoms with Crippen LogP contribution in [0.15, 0.2) is 67.8 Å². The highest BCUT2D eigenvalue weighted by Crippen LogP contribution is 2.72. The Morgan fingerprint density at radius 2 is 1.82 bits per heavy atom. The molecule has 40 heavy (non-hydrogen) atoms. The monoisotopic (exact) mass is 561 g/mol. The van der Waals surface area contributed by atoms with E-state index in [1.54, 1.807) is 45.7 Å². The van der Waals surface area contributed by atoms with E-state index in [0.29, 0.717) is 19.4 Å². The molecule has 7 nitrogen and oxygen atoms in total. The summed E-state index contributed by atoms with van der Waals surface area (Å²) in [5.74, 6) is -1.65. The van der Waals surface area contributed by atoms with Gasteiger partial charge in [0, 0.05) is 30.6 Å². The first-order chi connectivity index (χ1) is 19.2. The predicted molar refractivity (Wildman–Crippen MR) is 161 cm³/mol. The molecule has 3 fully saturated rings. The van der Waals surface area contributed by atoms with Crippen molar-refractivity contribution in [2.75, 3.05) is 31.6 Å². The minimum absolute atomic E-state index is 0.0857. The SMILES string of the molecule is C=CCN(C)C(=O)[C@H]1[C@H]2C(=O)N([C@@H](CC)CO)C(C(=O)N(CC=C)c3ccc4ccccc4c3)C23CC[C@]1(C)S3. The smallest absolute Gasteiger partial charge is 0.251 e. The Morgan fingerprint density at radius 1 is 1.12 bits per heavy atom. The van der Waals surface area contributed by atoms with Crippen LogP contribution in [0.25, 0.3) is 10.8 Å². The fraction of sp³-hybridized carbons (Fsp3) is 0.469. The highest BCUT2D eigenvalue weighted by atomic mass is 32.2. The van der Waals surface area contributed by atoms with Gasteiger partial charge >= 0.3 is 0 Å². The minimum Gasteiger partial charge on any atom is -0.394 e. The molecule has 6 atom stereocenters. The molecule has 2 aromatic carbocycles. The number of carbonyl (C=O) groups is 3. The van der Waals surface area contributed by atoms with Gasteiger partial charge < -0.3 is 19.8 Å². The quantitative estimate of drug-likeness (QED) is 0.439. The van der Waals surface area contributed by atoms with Crippen molar-refractivity contribution in [3.8, 4) is 0 Å². The van der Waals surface area contributed by atoms with Crippen molar-refractivity contribution >= 4 is 45.9 Å². The number of carbonyl (C=O) groups excluding carboxylic acids is 3. The summed E-state index contributed by atoms with van der Waals surface area (Å²) in [6, 6.07) is 12.6. The van der Waals surface area contributed by atoms with E-state index in [2.05, 4.69) is 20.1 Å². The van der Waals surface area contributed by atoms with Gasteiger partial charge in [-0.15, -0.1) is 24.9 Å². The Morgan fingerprint density at radius 3 is 2.48 bits per heavy atom. The number of benzene rings is 2. The second kappa shape index (κ2) is 10.7. The van der Waals surface area contributed by atoms with Crippen LogP contribution >= 0.6 is 11.8 Å². The maximum atomic E-state index is 14.8. The van der Waals surface area contributed by atoms with Crippen molar-refractivity contribution in [1.82, 2.24) is 9.80 Å². The molecule has 0 saturated carbocycles. The van der Waals surface area contributed by atoms with Gasteiger partial charge in [-0.2, -0.15) is 0 Å². The zero-order valence-electron chi connectivity index (χ0n) is 23.6. The number of likely N-dealkylation sites (N-methyl/N-ethyl adjacent to an activating group) is 1. The average Bonchev–Trinajstić information content (AvgIpc) is 3.52. The maximum absolute atomic E-state index is 14.8. The van der Waals surface area contributed by atoms with Crippen molar-refractivity contribution in [3.63, 3.8) is 0 Å². The van der Waals surface area contributed by atoms with Crippen molar-refractivity contribution < 1.29 is 19.5 Å². The number of hydrogen-bond acceptors (Lipinski definition) is 5. The lowest BCUT2D eigenvalue weighted by molar-refractivity contribution is -0.145. The molecule has 212 valence electrons. The molecule has 3 saturated heterocycles. The predicted octanol–water partition coefficient (Wildman–Crippen LogP) is 4.26. The van der Waals surface area contributed by atoms with Gasteiger partial charge in [0.25, 0.3) is 5.91 Å². The summed E-state index contributed by atoms with van der Waals surface area (Å²) in [5, 5.41) is 12.5. The van der Waals surface area contributed by atoms with Crippen LogP contribution in [0.1, 0.15) is 33.1 Å². The second-order valence-corrected chi connectivity index (χ2v) is 13.4. The first-order valence-electron chi connectivity index (χ1n) is 14.1. The van der Waals surface area contributed by atoms with E-state index in [-0.39, 0.29) is 30.9 Å². The van der Waals surface area contributed by atoms with Crippen molar-refractivity contribution in [2.24, 2.45) is 11.8 Å². The lowest BCUT2D eigenvalue weighted by atomic mass is 9.66. The fourth-order valence-corrected chi connectivity index (χ4v) is 9.62. The molecule has 1 N–H and O–H groups in total. The molecule has 0 radical (unpaired) electrons. The van der Waals surface area contributed by atoms with E-state index in [0.717, 1.165) is 22.9 Å². The number of aliphatic hydroxyl groups is 1. The first-order valence-corrected chi connectivity index (χ1v) is 14.9. The number of likely N-dealkylation sites (tertiary alicyclic amines) is 1. The molecule has 3 aliphatic rings. The normalized spacial score (nSPS) is 29.4. The third-order valence-corrected chi connectivity index (χ3v) is 11.2. The van der Waals surface area contributed by atoms with E-state index in [1.807, 2.05) is 49.4 Å². The highest BCUT2D eigenvalue weighted by molar-refractivity contribution is 8.02. The molecule has 0 aromatic heterocycles. The summed E-state index contributed by atoms with van der Waals surface area (Å²) >= 11 is 1.65. The van der Waals surface area contributed by atoms with Gasteiger partial charge in [-0.1, -0.05) is 49.4 Å². The molecule has 0 aliphatic carbocycles. The second-order valence-electron chi connectivity index (χ2n) is 11.5. The summed E-state index contributed by atoms with van der Waals surface area (Å²) in [5.41, 5.74) is 0.731. The van der Waals surface area contributed by atoms with Gasteiger partial charge in [0.15, 0.2) is 0 Å². The molecule has 2 aromatic rings. The molecule has 5 rings (SSSR count). The number of anilines is 1. The molecule has 2 bridgehead atoms. The standard InChI is InChI=1S/C32H39N3O4S/c1-6-17-33(5)28(37)25-26-29(38)35(23(8-3)20-36)27(32(26)16-15-31(25,4)40-32)30(39)34(18-7-2)24-14-13-21-11-9-10-12-22(21)19-24/h6-7,9-14,19,23,25-27,36H,1-2,8,15-18,20H2,3-5H3/t23-,25+,26-,27?,31-,32?/m0/s1. The number of amides is 3. The third-order valence-electron chi connectivity index (χ3n) is 9.19. The lowest BCUT2D eigenvalue weighted by Crippen LogP contribution is -2.57. The number of thioether (sulfide) groups is 1. The number of aliphatic hydroxyl groups excluding tert-OH is 1. The van der Waals surface area contributed by atoms with Crippen molar-refractivity contribution in [2.45, 2.75) is 54.7 Å².